The molecule has 0 saturated carbocycles. The van der Waals surface area contributed by atoms with E-state index >= 15 is 0 Å². The number of nitrogens with two attached hydrogens (primary N) is 1. The first-order valence-electron chi connectivity index (χ1n) is 5.46. The second-order valence-corrected chi connectivity index (χ2v) is 4.09. The molecule has 2 rings (SSSR count). The maximum Gasteiger partial charge on any atom is 0.304 e. The fourth-order valence-electron chi connectivity index (χ4n) is 1.85. The van der Waals surface area contributed by atoms with E-state index in [4.69, 9.17) is 10.8 Å². The van der Waals surface area contributed by atoms with Gasteiger partial charge in [-0.2, -0.15) is 0 Å². The Labute approximate surface area is 99.1 Å². The first-order valence-corrected chi connectivity index (χ1v) is 5.46. The fourth-order valence-corrected chi connectivity index (χ4v) is 1.85. The van der Waals surface area contributed by atoms with Crippen molar-refractivity contribution in [3.63, 3.8) is 0 Å². The van der Waals surface area contributed by atoms with Crippen molar-refractivity contribution in [1.29, 1.82) is 0 Å². The largest absolute Gasteiger partial charge is 0.481 e. The molecular formula is C13H14N2O2. The van der Waals surface area contributed by atoms with Gasteiger partial charge in [-0.25, -0.2) is 0 Å². The van der Waals surface area contributed by atoms with Crippen molar-refractivity contribution in [3.8, 4) is 0 Å². The average Bonchev–Trinajstić information content (AvgIpc) is 2.27. The normalized spacial score (nSPS) is 12.5. The number of rotatable bonds is 4. The summed E-state index contributed by atoms with van der Waals surface area (Å²) in [6.45, 7) is 0. The number of hydrogen-bond donors (Lipinski definition) is 2. The molecule has 0 aliphatic rings. The highest BCUT2D eigenvalue weighted by Gasteiger charge is 2.09. The van der Waals surface area contributed by atoms with Gasteiger partial charge >= 0.3 is 5.97 Å². The minimum Gasteiger partial charge on any atom is -0.481 e. The molecule has 1 aromatic heterocycles. The van der Waals surface area contributed by atoms with E-state index in [2.05, 4.69) is 4.98 Å². The molecule has 4 nitrogen and oxygen atoms in total. The van der Waals surface area contributed by atoms with Crippen LogP contribution >= 0.6 is 0 Å². The molecule has 0 fully saturated rings. The highest BCUT2D eigenvalue weighted by molar-refractivity contribution is 5.78. The van der Waals surface area contributed by atoms with Crippen molar-refractivity contribution in [1.82, 2.24) is 4.98 Å². The van der Waals surface area contributed by atoms with Crippen molar-refractivity contribution in [2.75, 3.05) is 0 Å². The first-order chi connectivity index (χ1) is 8.15. The van der Waals surface area contributed by atoms with Crippen LogP contribution < -0.4 is 5.73 Å². The first kappa shape index (κ1) is 11.5. The van der Waals surface area contributed by atoms with Crippen molar-refractivity contribution >= 4 is 16.9 Å². The van der Waals surface area contributed by atoms with E-state index in [0.717, 1.165) is 16.5 Å². The Morgan fingerprint density at radius 2 is 2.24 bits per heavy atom. The van der Waals surface area contributed by atoms with Crippen LogP contribution in [0.4, 0.5) is 0 Å². The van der Waals surface area contributed by atoms with Gasteiger partial charge < -0.3 is 10.8 Å². The Bertz CT molecular complexity index is 540. The number of carboxylic acids is 1. The quantitative estimate of drug-likeness (QED) is 0.836. The van der Waals surface area contributed by atoms with Gasteiger partial charge in [0.1, 0.15) is 0 Å². The second-order valence-electron chi connectivity index (χ2n) is 4.09. The van der Waals surface area contributed by atoms with E-state index < -0.39 is 5.97 Å². The number of carboxylic acid groups (broad SMARTS) is 1. The molecule has 0 aliphatic heterocycles. The lowest BCUT2D eigenvalue weighted by molar-refractivity contribution is -0.137. The lowest BCUT2D eigenvalue weighted by Crippen LogP contribution is -2.26. The summed E-state index contributed by atoms with van der Waals surface area (Å²) < 4.78 is 0. The van der Waals surface area contributed by atoms with Crippen LogP contribution in [0.25, 0.3) is 10.9 Å². The van der Waals surface area contributed by atoms with Gasteiger partial charge in [0.05, 0.1) is 11.9 Å². The molecule has 2 aromatic rings. The van der Waals surface area contributed by atoms with Crippen LogP contribution in [0.2, 0.25) is 0 Å². The number of carbonyl (C=O) groups is 1. The molecule has 17 heavy (non-hydrogen) atoms. The van der Waals surface area contributed by atoms with Crippen LogP contribution in [-0.4, -0.2) is 22.1 Å². The van der Waals surface area contributed by atoms with E-state index in [1.165, 1.54) is 0 Å². The summed E-state index contributed by atoms with van der Waals surface area (Å²) in [6, 6.07) is 9.39. The predicted octanol–water partition coefficient (Wildman–Crippen LogP) is 1.58. The Morgan fingerprint density at radius 3 is 3.00 bits per heavy atom. The topological polar surface area (TPSA) is 76.2 Å². The number of aliphatic carboxylic acids is 1. The number of pyridine rings is 1. The van der Waals surface area contributed by atoms with Crippen LogP contribution in [0.15, 0.2) is 36.5 Å². The van der Waals surface area contributed by atoms with E-state index in [0.29, 0.717) is 6.42 Å². The minimum atomic E-state index is -0.861. The molecule has 0 amide bonds. The molecule has 4 heteroatoms. The van der Waals surface area contributed by atoms with Crippen LogP contribution in [-0.2, 0) is 11.2 Å². The van der Waals surface area contributed by atoms with Crippen LogP contribution in [0.1, 0.15) is 12.0 Å². The standard InChI is InChI=1S/C13H14N2O2/c14-11(8-13(16)17)7-9-3-4-12-10(6-9)2-1-5-15-12/h1-6,11H,7-8,14H2,(H,16,17). The third kappa shape index (κ3) is 3.01. The minimum absolute atomic E-state index is 0.00885. The summed E-state index contributed by atoms with van der Waals surface area (Å²) in [6.07, 6.45) is 2.31. The molecule has 0 bridgehead atoms. The van der Waals surface area contributed by atoms with Gasteiger partial charge in [0.25, 0.3) is 0 Å². The third-order valence-electron chi connectivity index (χ3n) is 2.60. The Hall–Kier alpha value is -1.94. The molecule has 0 radical (unpaired) electrons. The zero-order valence-electron chi connectivity index (χ0n) is 9.34. The summed E-state index contributed by atoms with van der Waals surface area (Å²) >= 11 is 0. The molecule has 3 N–H and O–H groups in total. The Kier molecular flexibility index (Phi) is 3.35. The maximum absolute atomic E-state index is 10.5. The van der Waals surface area contributed by atoms with Gasteiger partial charge in [0.15, 0.2) is 0 Å². The average molecular weight is 230 g/mol. The smallest absolute Gasteiger partial charge is 0.304 e. The van der Waals surface area contributed by atoms with Gasteiger partial charge in [0.2, 0.25) is 0 Å². The lowest BCUT2D eigenvalue weighted by atomic mass is 10.0. The number of aromatic nitrogens is 1. The van der Waals surface area contributed by atoms with E-state index in [-0.39, 0.29) is 12.5 Å². The van der Waals surface area contributed by atoms with Crippen molar-refractivity contribution in [2.24, 2.45) is 5.73 Å². The van der Waals surface area contributed by atoms with Gasteiger partial charge in [-0.15, -0.1) is 0 Å². The number of fused-ring (bicyclic) bond motifs is 1. The molecule has 1 unspecified atom stereocenters. The highest BCUT2D eigenvalue weighted by Crippen LogP contribution is 2.14. The summed E-state index contributed by atoms with van der Waals surface area (Å²) in [7, 11) is 0. The molecule has 1 heterocycles. The predicted molar refractivity (Wildman–Crippen MR) is 65.7 cm³/mol. The fraction of sp³-hybridized carbons (Fsp3) is 0.231. The van der Waals surface area contributed by atoms with Gasteiger partial charge in [-0.3, -0.25) is 9.78 Å². The molecule has 0 spiro atoms. The monoisotopic (exact) mass is 230 g/mol. The Morgan fingerprint density at radius 1 is 1.41 bits per heavy atom. The summed E-state index contributed by atoms with van der Waals surface area (Å²) in [5, 5.41) is 9.69. The zero-order chi connectivity index (χ0) is 12.3. The van der Waals surface area contributed by atoms with Crippen molar-refractivity contribution in [2.45, 2.75) is 18.9 Å². The van der Waals surface area contributed by atoms with Gasteiger partial charge in [0, 0.05) is 17.6 Å². The summed E-state index contributed by atoms with van der Waals surface area (Å²) in [5.41, 5.74) is 7.73. The van der Waals surface area contributed by atoms with Crippen molar-refractivity contribution < 1.29 is 9.90 Å². The molecule has 0 aliphatic carbocycles. The molecule has 1 atom stereocenters. The van der Waals surface area contributed by atoms with Crippen LogP contribution in [0.3, 0.4) is 0 Å². The number of hydrogen-bond acceptors (Lipinski definition) is 3. The number of benzene rings is 1. The van der Waals surface area contributed by atoms with Crippen LogP contribution in [0.5, 0.6) is 0 Å². The SMILES string of the molecule is NC(CC(=O)O)Cc1ccc2ncccc2c1. The zero-order valence-corrected chi connectivity index (χ0v) is 9.34. The lowest BCUT2D eigenvalue weighted by Gasteiger charge is -2.09. The van der Waals surface area contributed by atoms with Gasteiger partial charge in [-0.05, 0) is 30.2 Å². The van der Waals surface area contributed by atoms with Gasteiger partial charge in [-0.1, -0.05) is 12.1 Å². The molecule has 1 aromatic carbocycles. The summed E-state index contributed by atoms with van der Waals surface area (Å²) in [4.78, 5) is 14.7. The van der Waals surface area contributed by atoms with Crippen molar-refractivity contribution in [3.05, 3.63) is 42.1 Å². The third-order valence-corrected chi connectivity index (χ3v) is 2.60. The molecule has 88 valence electrons. The van der Waals surface area contributed by atoms with Crippen LogP contribution in [0, 0.1) is 0 Å². The highest BCUT2D eigenvalue weighted by atomic mass is 16.4. The van der Waals surface area contributed by atoms with E-state index in [1.54, 1.807) is 6.20 Å². The maximum atomic E-state index is 10.5. The van der Waals surface area contributed by atoms with E-state index in [1.807, 2.05) is 30.3 Å². The molecule has 0 saturated heterocycles. The van der Waals surface area contributed by atoms with E-state index in [9.17, 15) is 4.79 Å². The second kappa shape index (κ2) is 4.93. The number of nitrogens with zero attached hydrogens (tertiary/aromatic N) is 1. The summed E-state index contributed by atoms with van der Waals surface area (Å²) in [5.74, 6) is -0.861. The molecular weight excluding hydrogens is 216 g/mol. The Balaban J connectivity index is 2.16.